The lowest BCUT2D eigenvalue weighted by Crippen LogP contribution is -2.40. The zero-order chi connectivity index (χ0) is 17.9. The largest absolute Gasteiger partial charge is 0.366 e. The van der Waals surface area contributed by atoms with Gasteiger partial charge in [-0.1, -0.05) is 48.5 Å². The Morgan fingerprint density at radius 3 is 0.913 bits per heavy atom. The van der Waals surface area contributed by atoms with Crippen LogP contribution >= 0.6 is 0 Å². The van der Waals surface area contributed by atoms with Gasteiger partial charge in [0.2, 0.25) is 0 Å². The Kier molecular flexibility index (Phi) is 5.81. The minimum Gasteiger partial charge on any atom is -0.272 e. The average Bonchev–Trinajstić information content (AvgIpc) is 2.34. The monoisotopic (exact) mass is 385 g/mol. The molecule has 0 amide bonds. The molecule has 2 rings (SSSR count). The SMILES string of the molecule is O=S(=O)(O)N(S(=O)(=O)O)S(=O)(=O)O.c1ccc2ccccc2c1. The van der Waals surface area contributed by atoms with Crippen molar-refractivity contribution in [3.8, 4) is 0 Å². The number of nitrogens with zero attached hydrogens (tertiary/aromatic N) is 1. The van der Waals surface area contributed by atoms with E-state index in [9.17, 15) is 25.3 Å². The van der Waals surface area contributed by atoms with E-state index in [1.54, 1.807) is 0 Å². The van der Waals surface area contributed by atoms with Crippen molar-refractivity contribution in [2.24, 2.45) is 0 Å². The third kappa shape index (κ3) is 5.83. The van der Waals surface area contributed by atoms with Gasteiger partial charge in [0.05, 0.1) is 3.12 Å². The van der Waals surface area contributed by atoms with E-state index in [0.29, 0.717) is 0 Å². The van der Waals surface area contributed by atoms with Crippen molar-refractivity contribution in [3.63, 3.8) is 0 Å². The Balaban J connectivity index is 0.000000235. The zero-order valence-electron chi connectivity index (χ0n) is 11.1. The number of hydrogen-bond acceptors (Lipinski definition) is 6. The lowest BCUT2D eigenvalue weighted by molar-refractivity contribution is 0.398. The van der Waals surface area contributed by atoms with Crippen molar-refractivity contribution in [1.29, 1.82) is 0 Å². The Morgan fingerprint density at radius 1 is 0.565 bits per heavy atom. The van der Waals surface area contributed by atoms with Crippen LogP contribution in [-0.4, -0.2) is 42.0 Å². The molecule has 0 aromatic heterocycles. The molecule has 0 aliphatic rings. The van der Waals surface area contributed by atoms with Crippen LogP contribution < -0.4 is 0 Å². The van der Waals surface area contributed by atoms with Gasteiger partial charge in [-0.25, -0.2) is 0 Å². The van der Waals surface area contributed by atoms with Crippen molar-refractivity contribution in [2.45, 2.75) is 0 Å². The fourth-order valence-corrected chi connectivity index (χ4v) is 4.35. The van der Waals surface area contributed by atoms with Crippen LogP contribution in [0.2, 0.25) is 0 Å². The van der Waals surface area contributed by atoms with Crippen LogP contribution in [0.5, 0.6) is 0 Å². The molecule has 3 N–H and O–H groups in total. The summed E-state index contributed by atoms with van der Waals surface area (Å²) >= 11 is 0. The summed E-state index contributed by atoms with van der Waals surface area (Å²) in [5, 5.41) is 2.62. The molecule has 0 bridgehead atoms. The van der Waals surface area contributed by atoms with Crippen LogP contribution in [0.25, 0.3) is 10.8 Å². The average molecular weight is 385 g/mol. The van der Waals surface area contributed by atoms with E-state index in [1.165, 1.54) is 10.8 Å². The highest BCUT2D eigenvalue weighted by molar-refractivity contribution is 8.12. The normalized spacial score (nSPS) is 12.7. The number of rotatable bonds is 3. The van der Waals surface area contributed by atoms with E-state index >= 15 is 0 Å². The van der Waals surface area contributed by atoms with Gasteiger partial charge in [0.15, 0.2) is 0 Å². The predicted molar refractivity (Wildman–Crippen MR) is 80.4 cm³/mol. The van der Waals surface area contributed by atoms with E-state index in [1.807, 2.05) is 0 Å². The van der Waals surface area contributed by atoms with Gasteiger partial charge in [-0.2, -0.15) is 25.3 Å². The molecule has 0 atom stereocenters. The van der Waals surface area contributed by atoms with Crippen LogP contribution in [0.1, 0.15) is 0 Å². The van der Waals surface area contributed by atoms with Gasteiger partial charge in [-0.3, -0.25) is 13.7 Å². The number of benzene rings is 2. The van der Waals surface area contributed by atoms with Crippen molar-refractivity contribution in [2.75, 3.05) is 0 Å². The highest BCUT2D eigenvalue weighted by atomic mass is 32.4. The molecule has 0 saturated carbocycles. The molecule has 0 spiro atoms. The first-order chi connectivity index (χ1) is 10.3. The summed E-state index contributed by atoms with van der Waals surface area (Å²) in [6.45, 7) is 0. The lowest BCUT2D eigenvalue weighted by atomic mass is 10.1. The molecular formula is C10H11NO9S3. The summed E-state index contributed by atoms with van der Waals surface area (Å²) in [5.74, 6) is 0. The lowest BCUT2D eigenvalue weighted by Gasteiger charge is -2.09. The van der Waals surface area contributed by atoms with Gasteiger partial charge < -0.3 is 0 Å². The first-order valence-electron chi connectivity index (χ1n) is 5.50. The molecule has 2 aromatic carbocycles. The molecule has 128 valence electrons. The molecule has 0 unspecified atom stereocenters. The van der Waals surface area contributed by atoms with E-state index in [2.05, 4.69) is 48.5 Å². The first-order valence-corrected chi connectivity index (χ1v) is 9.69. The highest BCUT2D eigenvalue weighted by Gasteiger charge is 2.42. The third-order valence-corrected chi connectivity index (χ3v) is 6.75. The van der Waals surface area contributed by atoms with Gasteiger partial charge in [-0.05, 0) is 10.8 Å². The first kappa shape index (κ1) is 19.4. The third-order valence-electron chi connectivity index (χ3n) is 2.22. The van der Waals surface area contributed by atoms with Crippen LogP contribution in [0.15, 0.2) is 48.5 Å². The number of fused-ring (bicyclic) bond motifs is 1. The molecule has 0 aliphatic heterocycles. The summed E-state index contributed by atoms with van der Waals surface area (Å²) in [6, 6.07) is 16.7. The second-order valence-corrected chi connectivity index (χ2v) is 8.39. The van der Waals surface area contributed by atoms with Crippen molar-refractivity contribution in [3.05, 3.63) is 48.5 Å². The van der Waals surface area contributed by atoms with Crippen LogP contribution in [0, 0.1) is 0 Å². The molecular weight excluding hydrogens is 374 g/mol. The molecule has 10 nitrogen and oxygen atoms in total. The van der Waals surface area contributed by atoms with Crippen molar-refractivity contribution < 1.29 is 38.9 Å². The summed E-state index contributed by atoms with van der Waals surface area (Å²) in [5.41, 5.74) is 0. The van der Waals surface area contributed by atoms with Crippen LogP contribution in [0.3, 0.4) is 0 Å². The van der Waals surface area contributed by atoms with E-state index in [0.717, 1.165) is 0 Å². The predicted octanol–water partition coefficient (Wildman–Crippen LogP) is 0.537. The molecule has 2 aromatic rings. The fraction of sp³-hybridized carbons (Fsp3) is 0. The molecule has 0 fully saturated rings. The van der Waals surface area contributed by atoms with Gasteiger partial charge >= 0.3 is 30.9 Å². The molecule has 0 heterocycles. The minimum atomic E-state index is -5.82. The Labute approximate surface area is 132 Å². The summed E-state index contributed by atoms with van der Waals surface area (Å²) < 4.78 is 82.2. The van der Waals surface area contributed by atoms with E-state index < -0.39 is 34.0 Å². The molecule has 0 radical (unpaired) electrons. The maximum Gasteiger partial charge on any atom is 0.366 e. The quantitative estimate of drug-likeness (QED) is 0.639. The minimum absolute atomic E-state index is 1.31. The Hall–Kier alpha value is -1.61. The molecule has 0 aliphatic carbocycles. The molecule has 13 heteroatoms. The molecule has 23 heavy (non-hydrogen) atoms. The van der Waals surface area contributed by atoms with Gasteiger partial charge in [0.25, 0.3) is 0 Å². The summed E-state index contributed by atoms with van der Waals surface area (Å²) in [6.07, 6.45) is 0. The van der Waals surface area contributed by atoms with E-state index in [-0.39, 0.29) is 0 Å². The maximum absolute atomic E-state index is 10.0. The van der Waals surface area contributed by atoms with Gasteiger partial charge in [0, 0.05) is 0 Å². The second-order valence-electron chi connectivity index (χ2n) is 3.91. The second kappa shape index (κ2) is 6.88. The van der Waals surface area contributed by atoms with Crippen LogP contribution in [0.4, 0.5) is 0 Å². The zero-order valence-corrected chi connectivity index (χ0v) is 13.5. The van der Waals surface area contributed by atoms with Gasteiger partial charge in [0.1, 0.15) is 0 Å². The highest BCUT2D eigenvalue weighted by Crippen LogP contribution is 2.11. The number of hydrogen-bond donors (Lipinski definition) is 3. The topological polar surface area (TPSA) is 166 Å². The van der Waals surface area contributed by atoms with Crippen molar-refractivity contribution >= 4 is 41.7 Å². The standard InChI is InChI=1S/C10H8.H3NO9S3/c1-2-6-10-8-4-3-7-9(10)5-1;2-11(3,4)1(12(5,6)7)13(8,9)10/h1-8H;(H,2,3,4)(H,5,6,7)(H,8,9,10). The Morgan fingerprint density at radius 2 is 0.783 bits per heavy atom. The van der Waals surface area contributed by atoms with Gasteiger partial charge in [-0.15, -0.1) is 0 Å². The maximum atomic E-state index is 10.0. The van der Waals surface area contributed by atoms with E-state index in [4.69, 9.17) is 13.7 Å². The van der Waals surface area contributed by atoms with Crippen molar-refractivity contribution in [1.82, 2.24) is 3.12 Å². The van der Waals surface area contributed by atoms with Crippen LogP contribution in [-0.2, 0) is 30.9 Å². The summed E-state index contributed by atoms with van der Waals surface area (Å²) in [7, 11) is -17.5. The summed E-state index contributed by atoms with van der Waals surface area (Å²) in [4.78, 5) is 0. The Bertz CT molecular complexity index is 855. The fourth-order valence-electron chi connectivity index (χ4n) is 1.49. The molecule has 0 saturated heterocycles. The smallest absolute Gasteiger partial charge is 0.272 e.